The highest BCUT2D eigenvalue weighted by molar-refractivity contribution is 6.30. The summed E-state index contributed by atoms with van der Waals surface area (Å²) in [7, 11) is 0. The van der Waals surface area contributed by atoms with Crippen LogP contribution in [0.5, 0.6) is 0 Å². The van der Waals surface area contributed by atoms with E-state index in [0.717, 1.165) is 16.5 Å². The molecule has 2 aromatic heterocycles. The zero-order valence-electron chi connectivity index (χ0n) is 12.2. The zero-order chi connectivity index (χ0) is 16.4. The lowest BCUT2D eigenvalue weighted by Crippen LogP contribution is -2.06. The number of hydrogen-bond donors (Lipinski definition) is 0. The van der Waals surface area contributed by atoms with Gasteiger partial charge in [0.1, 0.15) is 16.9 Å². The lowest BCUT2D eigenvalue weighted by atomic mass is 10.1. The fourth-order valence-corrected chi connectivity index (χ4v) is 2.43. The summed E-state index contributed by atoms with van der Waals surface area (Å²) in [6.07, 6.45) is 1.37. The fraction of sp³-hybridized carbons (Fsp3) is 0.118. The highest BCUT2D eigenvalue weighted by Gasteiger charge is 2.11. The van der Waals surface area contributed by atoms with E-state index in [0.29, 0.717) is 21.4 Å². The minimum absolute atomic E-state index is 0.0388. The molecule has 0 aliphatic carbocycles. The standard InChI is InChI=1S/C17H12Cl2N2O2/c1-10-2-3-11-7-13(16(19)21-14(11)6-10)9-23-17(22)12-4-5-15(18)20-8-12/h2-8H,9H2,1H3. The third-order valence-electron chi connectivity index (χ3n) is 3.32. The van der Waals surface area contributed by atoms with Crippen molar-refractivity contribution < 1.29 is 9.53 Å². The second-order valence-electron chi connectivity index (χ2n) is 5.08. The molecule has 0 amide bonds. The van der Waals surface area contributed by atoms with Crippen LogP contribution in [0.3, 0.4) is 0 Å². The van der Waals surface area contributed by atoms with Gasteiger partial charge >= 0.3 is 5.97 Å². The van der Waals surface area contributed by atoms with Crippen LogP contribution in [0, 0.1) is 6.92 Å². The van der Waals surface area contributed by atoms with Crippen LogP contribution in [-0.4, -0.2) is 15.9 Å². The number of aromatic nitrogens is 2. The van der Waals surface area contributed by atoms with E-state index in [-0.39, 0.29) is 6.61 Å². The van der Waals surface area contributed by atoms with E-state index < -0.39 is 5.97 Å². The van der Waals surface area contributed by atoms with Crippen LogP contribution in [0.1, 0.15) is 21.5 Å². The number of carbonyl (C=O) groups is 1. The SMILES string of the molecule is Cc1ccc2cc(COC(=O)c3ccc(Cl)nc3)c(Cl)nc2c1. The number of rotatable bonds is 3. The molecule has 6 heteroatoms. The maximum Gasteiger partial charge on any atom is 0.340 e. The summed E-state index contributed by atoms with van der Waals surface area (Å²) in [5.74, 6) is -0.491. The minimum atomic E-state index is -0.491. The van der Waals surface area contributed by atoms with Gasteiger partial charge in [-0.15, -0.1) is 0 Å². The van der Waals surface area contributed by atoms with Crippen LogP contribution < -0.4 is 0 Å². The predicted octanol–water partition coefficient (Wildman–Crippen LogP) is 4.60. The first-order valence-corrected chi connectivity index (χ1v) is 7.63. The van der Waals surface area contributed by atoms with Crippen LogP contribution in [-0.2, 0) is 11.3 Å². The number of halogens is 2. The summed E-state index contributed by atoms with van der Waals surface area (Å²) in [6, 6.07) is 10.9. The molecule has 2 heterocycles. The van der Waals surface area contributed by atoms with E-state index in [1.165, 1.54) is 12.3 Å². The van der Waals surface area contributed by atoms with Gasteiger partial charge in [-0.25, -0.2) is 14.8 Å². The molecule has 0 saturated heterocycles. The summed E-state index contributed by atoms with van der Waals surface area (Å²) in [5.41, 5.74) is 2.90. The van der Waals surface area contributed by atoms with E-state index in [2.05, 4.69) is 9.97 Å². The second kappa shape index (κ2) is 6.52. The average Bonchev–Trinajstić information content (AvgIpc) is 2.53. The molecule has 0 aliphatic rings. The molecule has 0 spiro atoms. The number of ether oxygens (including phenoxy) is 1. The Morgan fingerprint density at radius 1 is 1.17 bits per heavy atom. The molecule has 0 unspecified atom stereocenters. The quantitative estimate of drug-likeness (QED) is 0.513. The van der Waals surface area contributed by atoms with Gasteiger partial charge in [-0.1, -0.05) is 35.3 Å². The Kier molecular flexibility index (Phi) is 4.46. The Balaban J connectivity index is 1.78. The van der Waals surface area contributed by atoms with Crippen LogP contribution >= 0.6 is 23.2 Å². The van der Waals surface area contributed by atoms with E-state index in [1.54, 1.807) is 6.07 Å². The predicted molar refractivity (Wildman–Crippen MR) is 89.9 cm³/mol. The number of carbonyl (C=O) groups excluding carboxylic acids is 1. The van der Waals surface area contributed by atoms with Gasteiger partial charge in [-0.05, 0) is 36.8 Å². The third kappa shape index (κ3) is 3.60. The Morgan fingerprint density at radius 2 is 2.00 bits per heavy atom. The minimum Gasteiger partial charge on any atom is -0.457 e. The van der Waals surface area contributed by atoms with Crippen LogP contribution in [0.25, 0.3) is 10.9 Å². The normalized spacial score (nSPS) is 10.7. The highest BCUT2D eigenvalue weighted by atomic mass is 35.5. The Morgan fingerprint density at radius 3 is 2.74 bits per heavy atom. The molecule has 0 radical (unpaired) electrons. The van der Waals surface area contributed by atoms with Crippen molar-refractivity contribution in [3.05, 3.63) is 69.6 Å². The van der Waals surface area contributed by atoms with Crippen molar-refractivity contribution >= 4 is 40.1 Å². The molecule has 0 N–H and O–H groups in total. The van der Waals surface area contributed by atoms with Gasteiger partial charge in [-0.3, -0.25) is 0 Å². The number of pyridine rings is 2. The van der Waals surface area contributed by atoms with Gasteiger partial charge in [0, 0.05) is 17.1 Å². The summed E-state index contributed by atoms with van der Waals surface area (Å²) in [4.78, 5) is 20.2. The molecule has 4 nitrogen and oxygen atoms in total. The summed E-state index contributed by atoms with van der Waals surface area (Å²) < 4.78 is 5.26. The maximum absolute atomic E-state index is 12.0. The smallest absolute Gasteiger partial charge is 0.340 e. The van der Waals surface area contributed by atoms with E-state index in [1.807, 2.05) is 31.2 Å². The van der Waals surface area contributed by atoms with E-state index in [9.17, 15) is 4.79 Å². The molecule has 23 heavy (non-hydrogen) atoms. The van der Waals surface area contributed by atoms with Crippen molar-refractivity contribution in [2.24, 2.45) is 0 Å². The Hall–Kier alpha value is -2.17. The van der Waals surface area contributed by atoms with E-state index in [4.69, 9.17) is 27.9 Å². The fourth-order valence-electron chi connectivity index (χ4n) is 2.12. The molecule has 0 atom stereocenters. The molecule has 0 aliphatic heterocycles. The molecule has 3 aromatic rings. The number of aryl methyl sites for hydroxylation is 1. The highest BCUT2D eigenvalue weighted by Crippen LogP contribution is 2.22. The molecular weight excluding hydrogens is 335 g/mol. The van der Waals surface area contributed by atoms with Gasteiger partial charge in [-0.2, -0.15) is 0 Å². The van der Waals surface area contributed by atoms with Crippen molar-refractivity contribution in [1.82, 2.24) is 9.97 Å². The summed E-state index contributed by atoms with van der Waals surface area (Å²) in [5, 5.41) is 1.59. The van der Waals surface area contributed by atoms with Crippen LogP contribution in [0.15, 0.2) is 42.6 Å². The largest absolute Gasteiger partial charge is 0.457 e. The van der Waals surface area contributed by atoms with Crippen molar-refractivity contribution in [3.63, 3.8) is 0 Å². The van der Waals surface area contributed by atoms with Crippen LogP contribution in [0.4, 0.5) is 0 Å². The molecule has 0 bridgehead atoms. The number of hydrogen-bond acceptors (Lipinski definition) is 4. The first-order valence-electron chi connectivity index (χ1n) is 6.87. The van der Waals surface area contributed by atoms with Crippen molar-refractivity contribution in [3.8, 4) is 0 Å². The zero-order valence-corrected chi connectivity index (χ0v) is 13.7. The topological polar surface area (TPSA) is 52.1 Å². The second-order valence-corrected chi connectivity index (χ2v) is 5.83. The number of esters is 1. The van der Waals surface area contributed by atoms with Gasteiger partial charge < -0.3 is 4.74 Å². The molecule has 0 saturated carbocycles. The summed E-state index contributed by atoms with van der Waals surface area (Å²) >= 11 is 11.9. The molecule has 116 valence electrons. The molecule has 3 rings (SSSR count). The number of nitrogens with zero attached hydrogens (tertiary/aromatic N) is 2. The monoisotopic (exact) mass is 346 g/mol. The Bertz CT molecular complexity index is 880. The van der Waals surface area contributed by atoms with Crippen molar-refractivity contribution in [2.45, 2.75) is 13.5 Å². The number of benzene rings is 1. The van der Waals surface area contributed by atoms with E-state index >= 15 is 0 Å². The van der Waals surface area contributed by atoms with Gasteiger partial charge in [0.25, 0.3) is 0 Å². The molecular formula is C17H12Cl2N2O2. The third-order valence-corrected chi connectivity index (χ3v) is 3.87. The van der Waals surface area contributed by atoms with Crippen molar-refractivity contribution in [1.29, 1.82) is 0 Å². The lowest BCUT2D eigenvalue weighted by Gasteiger charge is -2.08. The maximum atomic E-state index is 12.0. The van der Waals surface area contributed by atoms with Crippen molar-refractivity contribution in [2.75, 3.05) is 0 Å². The first kappa shape index (κ1) is 15.7. The van der Waals surface area contributed by atoms with Crippen LogP contribution in [0.2, 0.25) is 10.3 Å². The molecule has 0 fully saturated rings. The number of fused-ring (bicyclic) bond motifs is 1. The summed E-state index contributed by atoms with van der Waals surface area (Å²) in [6.45, 7) is 2.03. The first-order chi connectivity index (χ1) is 11.0. The Labute approximate surface area is 143 Å². The van der Waals surface area contributed by atoms with Gasteiger partial charge in [0.05, 0.1) is 11.1 Å². The van der Waals surface area contributed by atoms with Gasteiger partial charge in [0.15, 0.2) is 0 Å². The molecule has 1 aromatic carbocycles. The lowest BCUT2D eigenvalue weighted by molar-refractivity contribution is 0.0472. The average molecular weight is 347 g/mol. The van der Waals surface area contributed by atoms with Gasteiger partial charge in [0.2, 0.25) is 0 Å².